The average Bonchev–Trinajstić information content (AvgIpc) is 3.38. The summed E-state index contributed by atoms with van der Waals surface area (Å²) < 4.78 is 15.9. The Morgan fingerprint density at radius 2 is 1.84 bits per heavy atom. The van der Waals surface area contributed by atoms with Crippen LogP contribution in [0, 0.1) is 5.92 Å². The van der Waals surface area contributed by atoms with Gasteiger partial charge >= 0.3 is 5.76 Å². The van der Waals surface area contributed by atoms with Crippen LogP contribution >= 0.6 is 0 Å². The number of aromatic amines is 1. The van der Waals surface area contributed by atoms with E-state index in [2.05, 4.69) is 22.0 Å². The fourth-order valence-corrected chi connectivity index (χ4v) is 4.51. The number of carbonyl (C=O) groups excluding carboxylic acids is 1. The Morgan fingerprint density at radius 1 is 1.03 bits per heavy atom. The van der Waals surface area contributed by atoms with Gasteiger partial charge in [-0.25, -0.2) is 4.79 Å². The molecule has 31 heavy (non-hydrogen) atoms. The molecule has 2 aliphatic rings. The van der Waals surface area contributed by atoms with Gasteiger partial charge in [-0.05, 0) is 73.7 Å². The lowest BCUT2D eigenvalue weighted by molar-refractivity contribution is -0.118. The second-order valence-corrected chi connectivity index (χ2v) is 8.49. The van der Waals surface area contributed by atoms with E-state index in [9.17, 15) is 9.59 Å². The maximum Gasteiger partial charge on any atom is 0.417 e. The first-order valence-corrected chi connectivity index (χ1v) is 10.9. The molecule has 0 saturated carbocycles. The topological polar surface area (TPSA) is 84.8 Å². The highest BCUT2D eigenvalue weighted by Crippen LogP contribution is 2.34. The fourth-order valence-electron chi connectivity index (χ4n) is 4.51. The second-order valence-electron chi connectivity index (χ2n) is 8.49. The SMILES string of the molecule is O=C(CCN1CCC(Cc2ccc3c(c2)OCO3)CC1)Cc1ccc2[nH]c(=O)oc2c1. The van der Waals surface area contributed by atoms with Crippen molar-refractivity contribution in [2.24, 2.45) is 5.92 Å². The molecule has 1 saturated heterocycles. The summed E-state index contributed by atoms with van der Waals surface area (Å²) in [5.41, 5.74) is 3.33. The Kier molecular flexibility index (Phi) is 5.51. The van der Waals surface area contributed by atoms with E-state index in [-0.39, 0.29) is 5.78 Å². The van der Waals surface area contributed by atoms with Gasteiger partial charge in [-0.3, -0.25) is 9.78 Å². The van der Waals surface area contributed by atoms with E-state index < -0.39 is 5.76 Å². The van der Waals surface area contributed by atoms with Crippen molar-refractivity contribution in [3.05, 3.63) is 58.1 Å². The number of H-pyrrole nitrogens is 1. The number of hydrogen-bond acceptors (Lipinski definition) is 6. The van der Waals surface area contributed by atoms with Crippen molar-refractivity contribution in [3.63, 3.8) is 0 Å². The van der Waals surface area contributed by atoms with Gasteiger partial charge in [-0.2, -0.15) is 0 Å². The number of aromatic nitrogens is 1. The lowest BCUT2D eigenvalue weighted by Gasteiger charge is -2.31. The van der Waals surface area contributed by atoms with Gasteiger partial charge in [0.15, 0.2) is 17.1 Å². The lowest BCUT2D eigenvalue weighted by atomic mass is 9.90. The van der Waals surface area contributed by atoms with Crippen molar-refractivity contribution < 1.29 is 18.7 Å². The van der Waals surface area contributed by atoms with Gasteiger partial charge in [0.1, 0.15) is 5.78 Å². The standard InChI is InChI=1S/C24H26N2O5/c27-19(12-18-1-3-20-22(13-18)31-24(28)25-20)7-10-26-8-5-16(6-9-26)11-17-2-4-21-23(14-17)30-15-29-21/h1-4,13-14,16H,5-12,15H2,(H,25,28). The Balaban J connectivity index is 1.06. The van der Waals surface area contributed by atoms with Gasteiger partial charge in [0.2, 0.25) is 6.79 Å². The van der Waals surface area contributed by atoms with Crippen molar-refractivity contribution in [2.45, 2.75) is 32.1 Å². The number of Topliss-reactive ketones (excluding diaryl/α,β-unsaturated/α-hetero) is 1. The number of fused-ring (bicyclic) bond motifs is 2. The molecule has 2 aromatic carbocycles. The van der Waals surface area contributed by atoms with Crippen LogP contribution in [0.1, 0.15) is 30.4 Å². The first kappa shape index (κ1) is 19.9. The van der Waals surface area contributed by atoms with Crippen LogP contribution < -0.4 is 15.2 Å². The lowest BCUT2D eigenvalue weighted by Crippen LogP contribution is -2.35. The smallest absolute Gasteiger partial charge is 0.417 e. The number of benzene rings is 2. The number of rotatable bonds is 7. The number of ether oxygens (including phenoxy) is 2. The van der Waals surface area contributed by atoms with Crippen molar-refractivity contribution in [1.82, 2.24) is 9.88 Å². The van der Waals surface area contributed by atoms with Crippen molar-refractivity contribution in [1.29, 1.82) is 0 Å². The molecule has 1 aromatic heterocycles. The summed E-state index contributed by atoms with van der Waals surface area (Å²) in [6.45, 7) is 3.18. The molecule has 3 aromatic rings. The normalized spacial score (nSPS) is 16.8. The summed E-state index contributed by atoms with van der Waals surface area (Å²) in [6.07, 6.45) is 4.26. The molecule has 0 amide bonds. The van der Waals surface area contributed by atoms with E-state index in [4.69, 9.17) is 13.9 Å². The van der Waals surface area contributed by atoms with E-state index in [0.717, 1.165) is 56.0 Å². The molecule has 0 radical (unpaired) electrons. The van der Waals surface area contributed by atoms with Crippen LogP contribution in [0.4, 0.5) is 0 Å². The van der Waals surface area contributed by atoms with Crippen LogP contribution in [0.3, 0.4) is 0 Å². The summed E-state index contributed by atoms with van der Waals surface area (Å²) >= 11 is 0. The van der Waals surface area contributed by atoms with Crippen molar-refractivity contribution in [3.8, 4) is 11.5 Å². The number of ketones is 1. The number of hydrogen-bond donors (Lipinski definition) is 1. The number of oxazole rings is 1. The summed E-state index contributed by atoms with van der Waals surface area (Å²) in [6, 6.07) is 11.7. The molecule has 5 rings (SSSR count). The van der Waals surface area contributed by atoms with Crippen LogP contribution in [0.25, 0.3) is 11.1 Å². The van der Waals surface area contributed by atoms with Crippen LogP contribution in [-0.2, 0) is 17.6 Å². The summed E-state index contributed by atoms with van der Waals surface area (Å²) in [4.78, 5) is 28.7. The molecule has 0 unspecified atom stereocenters. The Morgan fingerprint density at radius 3 is 2.71 bits per heavy atom. The number of likely N-dealkylation sites (tertiary alicyclic amines) is 1. The van der Waals surface area contributed by atoms with E-state index in [1.165, 1.54) is 5.56 Å². The van der Waals surface area contributed by atoms with E-state index in [1.54, 1.807) is 12.1 Å². The number of piperidine rings is 1. The minimum Gasteiger partial charge on any atom is -0.454 e. The van der Waals surface area contributed by atoms with Gasteiger partial charge < -0.3 is 18.8 Å². The Bertz CT molecular complexity index is 1140. The summed E-state index contributed by atoms with van der Waals surface area (Å²) in [5, 5.41) is 0. The monoisotopic (exact) mass is 422 g/mol. The molecule has 7 heteroatoms. The minimum absolute atomic E-state index is 0.208. The molecule has 0 bridgehead atoms. The molecule has 0 atom stereocenters. The molecular formula is C24H26N2O5. The third-order valence-electron chi connectivity index (χ3n) is 6.26. The predicted octanol–water partition coefficient (Wildman–Crippen LogP) is 3.31. The van der Waals surface area contributed by atoms with Crippen LogP contribution in [0.15, 0.2) is 45.6 Å². The quantitative estimate of drug-likeness (QED) is 0.629. The zero-order valence-electron chi connectivity index (χ0n) is 17.4. The first-order chi connectivity index (χ1) is 15.1. The van der Waals surface area contributed by atoms with Crippen LogP contribution in [0.5, 0.6) is 11.5 Å². The largest absolute Gasteiger partial charge is 0.454 e. The number of nitrogens with one attached hydrogen (secondary N) is 1. The van der Waals surface area contributed by atoms with E-state index in [0.29, 0.717) is 36.7 Å². The molecule has 0 spiro atoms. The third kappa shape index (κ3) is 4.66. The molecule has 1 N–H and O–H groups in total. The minimum atomic E-state index is -0.472. The van der Waals surface area contributed by atoms with Gasteiger partial charge in [0.25, 0.3) is 0 Å². The Hall–Kier alpha value is -3.06. The van der Waals surface area contributed by atoms with Crippen molar-refractivity contribution in [2.75, 3.05) is 26.4 Å². The second kappa shape index (κ2) is 8.59. The molecule has 1 fully saturated rings. The predicted molar refractivity (Wildman–Crippen MR) is 116 cm³/mol. The first-order valence-electron chi connectivity index (χ1n) is 10.9. The third-order valence-corrected chi connectivity index (χ3v) is 6.26. The highest BCUT2D eigenvalue weighted by molar-refractivity contribution is 5.82. The molecule has 0 aliphatic carbocycles. The highest BCUT2D eigenvalue weighted by Gasteiger charge is 2.21. The maximum atomic E-state index is 12.4. The molecule has 2 aliphatic heterocycles. The number of carbonyl (C=O) groups is 1. The Labute approximate surface area is 179 Å². The van der Waals surface area contributed by atoms with Crippen molar-refractivity contribution >= 4 is 16.9 Å². The fraction of sp³-hybridized carbons (Fsp3) is 0.417. The highest BCUT2D eigenvalue weighted by atomic mass is 16.7. The molecular weight excluding hydrogens is 396 g/mol. The van der Waals surface area contributed by atoms with E-state index >= 15 is 0 Å². The zero-order valence-corrected chi connectivity index (χ0v) is 17.4. The van der Waals surface area contributed by atoms with Gasteiger partial charge in [0.05, 0.1) is 5.52 Å². The summed E-state index contributed by atoms with van der Waals surface area (Å²) in [7, 11) is 0. The van der Waals surface area contributed by atoms with Gasteiger partial charge in [0, 0.05) is 19.4 Å². The van der Waals surface area contributed by atoms with E-state index in [1.807, 2.05) is 12.1 Å². The van der Waals surface area contributed by atoms with Gasteiger partial charge in [-0.15, -0.1) is 0 Å². The maximum absolute atomic E-state index is 12.4. The summed E-state index contributed by atoms with van der Waals surface area (Å²) in [5.74, 6) is 2.09. The average molecular weight is 422 g/mol. The van der Waals surface area contributed by atoms with Gasteiger partial charge in [-0.1, -0.05) is 12.1 Å². The molecule has 7 nitrogen and oxygen atoms in total. The zero-order chi connectivity index (χ0) is 21.2. The molecule has 3 heterocycles. The van der Waals surface area contributed by atoms with Crippen LogP contribution in [0.2, 0.25) is 0 Å². The van der Waals surface area contributed by atoms with Crippen LogP contribution in [-0.4, -0.2) is 42.1 Å². The number of nitrogens with zero attached hydrogens (tertiary/aromatic N) is 1. The molecule has 162 valence electrons.